The van der Waals surface area contributed by atoms with Crippen LogP contribution in [0.15, 0.2) is 52.4 Å². The molecule has 3 N–H and O–H groups in total. The van der Waals surface area contributed by atoms with E-state index in [1.807, 2.05) is 38.1 Å². The molecule has 4 rings (SSSR count). The zero-order valence-electron chi connectivity index (χ0n) is 17.1. The van der Waals surface area contributed by atoms with Crippen molar-refractivity contribution < 1.29 is 9.59 Å². The fourth-order valence-corrected chi connectivity index (χ4v) is 4.32. The number of nitrogens with one attached hydrogen (secondary N) is 1. The molecule has 31 heavy (non-hydrogen) atoms. The van der Waals surface area contributed by atoms with Gasteiger partial charge in [0.05, 0.1) is 21.8 Å². The molecule has 9 nitrogen and oxygen atoms in total. The van der Waals surface area contributed by atoms with Crippen LogP contribution in [-0.4, -0.2) is 36.4 Å². The summed E-state index contributed by atoms with van der Waals surface area (Å²) in [5.41, 5.74) is 8.16. The molecule has 0 aliphatic heterocycles. The molecule has 10 heteroatoms. The van der Waals surface area contributed by atoms with Gasteiger partial charge in [-0.25, -0.2) is 9.36 Å². The summed E-state index contributed by atoms with van der Waals surface area (Å²) < 4.78 is 3.27. The highest BCUT2D eigenvalue weighted by molar-refractivity contribution is 8.00. The molecule has 2 aromatic carbocycles. The summed E-state index contributed by atoms with van der Waals surface area (Å²) in [5.74, 6) is -0.207. The Morgan fingerprint density at radius 2 is 1.87 bits per heavy atom. The van der Waals surface area contributed by atoms with Crippen molar-refractivity contribution in [3.05, 3.63) is 63.9 Å². The number of para-hydroxylation sites is 1. The molecule has 0 aliphatic rings. The zero-order chi connectivity index (χ0) is 22.3. The van der Waals surface area contributed by atoms with E-state index < -0.39 is 17.2 Å². The largest absolute Gasteiger partial charge is 0.351 e. The maximum absolute atomic E-state index is 13.4. The number of hydrogen-bond donors (Lipinski definition) is 2. The maximum Gasteiger partial charge on any atom is 0.318 e. The first-order chi connectivity index (χ1) is 14.8. The van der Waals surface area contributed by atoms with Crippen molar-refractivity contribution in [2.45, 2.75) is 31.2 Å². The summed E-state index contributed by atoms with van der Waals surface area (Å²) in [5, 5.41) is 10.8. The molecule has 1 unspecified atom stereocenters. The van der Waals surface area contributed by atoms with Crippen LogP contribution in [0.4, 0.5) is 4.79 Å². The maximum atomic E-state index is 13.4. The molecule has 3 amide bonds. The summed E-state index contributed by atoms with van der Waals surface area (Å²) in [4.78, 5) is 36.6. The van der Waals surface area contributed by atoms with Crippen LogP contribution in [0.1, 0.15) is 18.1 Å². The minimum Gasteiger partial charge on any atom is -0.351 e. The number of aryl methyl sites for hydroxylation is 2. The number of nitrogens with zero attached hydrogens (tertiary/aromatic N) is 4. The molecule has 0 radical (unpaired) electrons. The number of amides is 3. The van der Waals surface area contributed by atoms with Gasteiger partial charge in [0.25, 0.3) is 5.56 Å². The Labute approximate surface area is 181 Å². The molecular formula is C21H20N6O3S. The van der Waals surface area contributed by atoms with Crippen LogP contribution >= 0.6 is 11.8 Å². The van der Waals surface area contributed by atoms with E-state index in [-0.39, 0.29) is 5.56 Å². The van der Waals surface area contributed by atoms with Crippen LogP contribution in [0.2, 0.25) is 0 Å². The van der Waals surface area contributed by atoms with Crippen LogP contribution in [0.25, 0.3) is 22.4 Å². The quantitative estimate of drug-likeness (QED) is 0.473. The number of urea groups is 1. The Bertz CT molecular complexity index is 1410. The number of thioether (sulfide) groups is 1. The number of nitrogens with two attached hydrogens (primary N) is 1. The first-order valence-electron chi connectivity index (χ1n) is 9.51. The minimum absolute atomic E-state index is 0.210. The molecule has 0 bridgehead atoms. The highest BCUT2D eigenvalue weighted by Gasteiger charge is 2.23. The molecule has 4 aromatic rings. The third kappa shape index (κ3) is 3.66. The van der Waals surface area contributed by atoms with Crippen molar-refractivity contribution in [3.8, 4) is 5.69 Å². The van der Waals surface area contributed by atoms with Crippen LogP contribution in [0.5, 0.6) is 0 Å². The molecule has 2 heterocycles. The van der Waals surface area contributed by atoms with Crippen molar-refractivity contribution in [1.29, 1.82) is 0 Å². The van der Waals surface area contributed by atoms with Gasteiger partial charge in [-0.15, -0.1) is 10.2 Å². The summed E-state index contributed by atoms with van der Waals surface area (Å²) >= 11 is 1.12. The lowest BCUT2D eigenvalue weighted by molar-refractivity contribution is -0.119. The fourth-order valence-electron chi connectivity index (χ4n) is 3.46. The molecule has 0 fully saturated rings. The number of benzene rings is 2. The lowest BCUT2D eigenvalue weighted by Gasteiger charge is -2.14. The highest BCUT2D eigenvalue weighted by atomic mass is 32.2. The predicted molar refractivity (Wildman–Crippen MR) is 119 cm³/mol. The zero-order valence-corrected chi connectivity index (χ0v) is 17.9. The smallest absolute Gasteiger partial charge is 0.318 e. The number of primary amides is 1. The lowest BCUT2D eigenvalue weighted by Crippen LogP contribution is -2.39. The number of hydrogen-bond acceptors (Lipinski definition) is 6. The van der Waals surface area contributed by atoms with E-state index in [0.717, 1.165) is 22.9 Å². The number of carbonyl (C=O) groups is 2. The van der Waals surface area contributed by atoms with Gasteiger partial charge in [0, 0.05) is 0 Å². The van der Waals surface area contributed by atoms with E-state index in [4.69, 9.17) is 5.73 Å². The third-order valence-corrected chi connectivity index (χ3v) is 5.93. The van der Waals surface area contributed by atoms with Crippen molar-refractivity contribution in [2.24, 2.45) is 5.73 Å². The van der Waals surface area contributed by atoms with Crippen LogP contribution in [-0.2, 0) is 4.79 Å². The molecule has 0 saturated heterocycles. The number of rotatable bonds is 4. The molecule has 1 atom stereocenters. The van der Waals surface area contributed by atoms with E-state index in [9.17, 15) is 14.4 Å². The van der Waals surface area contributed by atoms with Gasteiger partial charge in [0.1, 0.15) is 0 Å². The van der Waals surface area contributed by atoms with Crippen LogP contribution in [0.3, 0.4) is 0 Å². The molecule has 158 valence electrons. The SMILES string of the molecule is Cc1ccc(-n2c(=O)c3ccccc3n3c(SC(C)C(=O)NC(N)=O)nnc23)c(C)c1. The van der Waals surface area contributed by atoms with Gasteiger partial charge in [-0.3, -0.25) is 19.3 Å². The van der Waals surface area contributed by atoms with Gasteiger partial charge in [0.15, 0.2) is 5.16 Å². The second-order valence-corrected chi connectivity index (χ2v) is 8.49. The van der Waals surface area contributed by atoms with E-state index in [1.54, 1.807) is 29.5 Å². The second-order valence-electron chi connectivity index (χ2n) is 7.18. The molecule has 0 spiro atoms. The highest BCUT2D eigenvalue weighted by Crippen LogP contribution is 2.27. The topological polar surface area (TPSA) is 124 Å². The fraction of sp³-hybridized carbons (Fsp3) is 0.190. The first kappa shape index (κ1) is 20.6. The minimum atomic E-state index is -0.919. The summed E-state index contributed by atoms with van der Waals surface area (Å²) in [7, 11) is 0. The van der Waals surface area contributed by atoms with Crippen molar-refractivity contribution in [3.63, 3.8) is 0 Å². The van der Waals surface area contributed by atoms with Crippen LogP contribution < -0.4 is 16.6 Å². The van der Waals surface area contributed by atoms with Gasteiger partial charge in [-0.1, -0.05) is 41.6 Å². The lowest BCUT2D eigenvalue weighted by atomic mass is 10.1. The standard InChI is InChI=1S/C21H20N6O3S/c1-11-8-9-15(12(2)10-11)26-18(29)14-6-4-5-7-16(14)27-20(26)24-25-21(27)31-13(3)17(28)23-19(22)30/h4-10,13H,1-3H3,(H3,22,23,28,30). The summed E-state index contributed by atoms with van der Waals surface area (Å²) in [6, 6.07) is 12.1. The van der Waals surface area contributed by atoms with Gasteiger partial charge in [-0.2, -0.15) is 0 Å². The van der Waals surface area contributed by atoms with E-state index in [2.05, 4.69) is 15.5 Å². The predicted octanol–water partition coefficient (Wildman–Crippen LogP) is 2.33. The van der Waals surface area contributed by atoms with Gasteiger partial charge in [0.2, 0.25) is 11.7 Å². The van der Waals surface area contributed by atoms with Crippen LogP contribution in [0, 0.1) is 13.8 Å². The number of imide groups is 1. The molecular weight excluding hydrogens is 416 g/mol. The molecule has 0 aliphatic carbocycles. The van der Waals surface area contributed by atoms with Crippen molar-refractivity contribution in [2.75, 3.05) is 0 Å². The normalized spacial score (nSPS) is 12.2. The monoisotopic (exact) mass is 436 g/mol. The van der Waals surface area contributed by atoms with Crippen molar-refractivity contribution in [1.82, 2.24) is 24.5 Å². The van der Waals surface area contributed by atoms with Gasteiger partial charge < -0.3 is 5.73 Å². The Kier molecular flexibility index (Phi) is 5.24. The van der Waals surface area contributed by atoms with E-state index in [0.29, 0.717) is 27.5 Å². The average Bonchev–Trinajstić information content (AvgIpc) is 3.12. The Morgan fingerprint density at radius 1 is 1.13 bits per heavy atom. The van der Waals surface area contributed by atoms with E-state index >= 15 is 0 Å². The van der Waals surface area contributed by atoms with Crippen molar-refractivity contribution >= 4 is 40.4 Å². The Balaban J connectivity index is 1.96. The molecule has 2 aromatic heterocycles. The summed E-state index contributed by atoms with van der Waals surface area (Å²) in [6.45, 7) is 5.55. The number of aromatic nitrogens is 4. The number of carbonyl (C=O) groups excluding carboxylic acids is 2. The Hall–Kier alpha value is -3.66. The Morgan fingerprint density at radius 3 is 2.58 bits per heavy atom. The third-order valence-electron chi connectivity index (χ3n) is 4.89. The first-order valence-corrected chi connectivity index (χ1v) is 10.4. The van der Waals surface area contributed by atoms with Gasteiger partial charge >= 0.3 is 6.03 Å². The van der Waals surface area contributed by atoms with Gasteiger partial charge in [-0.05, 0) is 44.5 Å². The average molecular weight is 436 g/mol. The summed E-state index contributed by atoms with van der Waals surface area (Å²) in [6.07, 6.45) is 0. The molecule has 0 saturated carbocycles. The second kappa shape index (κ2) is 7.88. The van der Waals surface area contributed by atoms with E-state index in [1.165, 1.54) is 4.57 Å². The number of fused-ring (bicyclic) bond motifs is 3.